The van der Waals surface area contributed by atoms with E-state index in [0.717, 1.165) is 11.1 Å². The molecule has 2 amide bonds. The molecule has 0 spiro atoms. The zero-order chi connectivity index (χ0) is 44.9. The van der Waals surface area contributed by atoms with E-state index in [2.05, 4.69) is 15.0 Å². The summed E-state index contributed by atoms with van der Waals surface area (Å²) in [6.07, 6.45) is 4.58. The third-order valence-electron chi connectivity index (χ3n) is 8.90. The number of H-pyrrole nitrogens is 1. The molecular formula is C46H57N5O10. The highest BCUT2D eigenvalue weighted by Gasteiger charge is 2.42. The topological polar surface area (TPSA) is 181 Å². The predicted molar refractivity (Wildman–Crippen MR) is 227 cm³/mol. The van der Waals surface area contributed by atoms with Gasteiger partial charge in [-0.25, -0.2) is 14.4 Å². The maximum absolute atomic E-state index is 14.1. The number of fused-ring (bicyclic) bond motifs is 2. The van der Waals surface area contributed by atoms with Crippen molar-refractivity contribution in [2.24, 2.45) is 0 Å². The van der Waals surface area contributed by atoms with Crippen LogP contribution in [0.4, 0.5) is 9.59 Å². The normalized spacial score (nSPS) is 12.8. The van der Waals surface area contributed by atoms with Gasteiger partial charge in [0.2, 0.25) is 0 Å². The number of hydrogen-bond donors (Lipinski definition) is 1. The van der Waals surface area contributed by atoms with Gasteiger partial charge in [-0.1, -0.05) is 30.3 Å². The molecule has 0 saturated carbocycles. The van der Waals surface area contributed by atoms with E-state index in [1.807, 2.05) is 32.9 Å². The Hall–Kier alpha value is -6.25. The average Bonchev–Trinajstić information content (AvgIpc) is 3.69. The lowest BCUT2D eigenvalue weighted by Gasteiger charge is -2.32. The van der Waals surface area contributed by atoms with Crippen LogP contribution in [0.2, 0.25) is 0 Å². The quantitative estimate of drug-likeness (QED) is 0.0888. The van der Waals surface area contributed by atoms with Crippen molar-refractivity contribution < 1.29 is 47.7 Å². The number of imide groups is 1. The van der Waals surface area contributed by atoms with Crippen molar-refractivity contribution in [3.8, 4) is 0 Å². The van der Waals surface area contributed by atoms with E-state index in [0.29, 0.717) is 44.6 Å². The zero-order valence-electron chi connectivity index (χ0n) is 36.9. The van der Waals surface area contributed by atoms with E-state index >= 15 is 0 Å². The number of pyridine rings is 2. The summed E-state index contributed by atoms with van der Waals surface area (Å²) in [5.41, 5.74) is 1.36. The van der Waals surface area contributed by atoms with E-state index in [1.54, 1.807) is 121 Å². The number of aromatic amines is 1. The smallest absolute Gasteiger partial charge is 0.420 e. The summed E-state index contributed by atoms with van der Waals surface area (Å²) in [6, 6.07) is 12.7. The minimum Gasteiger partial charge on any atom is -0.460 e. The average molecular weight is 840 g/mol. The molecule has 0 aliphatic rings. The first kappa shape index (κ1) is 45.8. The summed E-state index contributed by atoms with van der Waals surface area (Å²) in [7, 11) is 0. The van der Waals surface area contributed by atoms with E-state index in [-0.39, 0.29) is 32.0 Å². The maximum Gasteiger partial charge on any atom is 0.420 e. The summed E-state index contributed by atoms with van der Waals surface area (Å²) < 4.78 is 30.2. The van der Waals surface area contributed by atoms with Crippen LogP contribution in [0, 0.1) is 0 Å². The van der Waals surface area contributed by atoms with Crippen molar-refractivity contribution in [3.63, 3.8) is 0 Å². The first-order chi connectivity index (χ1) is 28.4. The van der Waals surface area contributed by atoms with Crippen molar-refractivity contribution in [1.82, 2.24) is 24.4 Å². The Morgan fingerprint density at radius 3 is 1.89 bits per heavy atom. The Balaban J connectivity index is 1.41. The van der Waals surface area contributed by atoms with Gasteiger partial charge in [-0.05, 0) is 105 Å². The SMILES string of the molecule is CC(C)(C)OC(=O)Cc1c[nH]c2c(CC(C)(C)OC(=O)Cc3cn(CC(C(=O)OCc4ccccc4)N(C(=O)OC(C)(C)C)C(=O)OC(C)(C)C)c4cccnc34)ccnc12. The van der Waals surface area contributed by atoms with Gasteiger partial charge >= 0.3 is 30.1 Å². The van der Waals surface area contributed by atoms with Crippen molar-refractivity contribution >= 4 is 52.2 Å². The summed E-state index contributed by atoms with van der Waals surface area (Å²) in [5, 5.41) is 0. The van der Waals surface area contributed by atoms with Crippen LogP contribution in [-0.2, 0) is 70.5 Å². The molecule has 4 aromatic heterocycles. The number of aromatic nitrogens is 4. The Kier molecular flexibility index (Phi) is 13.6. The number of carbonyl (C=O) groups is 5. The Bertz CT molecular complexity index is 2350. The maximum atomic E-state index is 14.1. The molecule has 1 aromatic carbocycles. The summed E-state index contributed by atoms with van der Waals surface area (Å²) in [6.45, 7) is 18.5. The van der Waals surface area contributed by atoms with Gasteiger partial charge in [0.05, 0.1) is 41.5 Å². The number of hydrogen-bond acceptors (Lipinski definition) is 12. The largest absolute Gasteiger partial charge is 0.460 e. The summed E-state index contributed by atoms with van der Waals surface area (Å²) in [4.78, 5) is 81.0. The first-order valence-electron chi connectivity index (χ1n) is 20.1. The molecule has 0 fully saturated rings. The molecule has 0 aliphatic carbocycles. The molecule has 0 saturated heterocycles. The number of ether oxygens (including phenoxy) is 5. The molecule has 5 aromatic rings. The van der Waals surface area contributed by atoms with Crippen molar-refractivity contribution in [2.45, 2.75) is 137 Å². The van der Waals surface area contributed by atoms with Crippen molar-refractivity contribution in [3.05, 3.63) is 95.6 Å². The molecule has 0 bridgehead atoms. The zero-order valence-corrected chi connectivity index (χ0v) is 36.9. The van der Waals surface area contributed by atoms with Crippen LogP contribution in [0.1, 0.15) is 98.4 Å². The predicted octanol–water partition coefficient (Wildman–Crippen LogP) is 8.19. The van der Waals surface area contributed by atoms with Crippen LogP contribution >= 0.6 is 0 Å². The highest BCUT2D eigenvalue weighted by Crippen LogP contribution is 2.28. The number of amides is 2. The standard InChI is InChI=1S/C46H57N5O10/c1-43(2,3)58-35(52)22-31-25-49-38-30(19-21-48-39(31)38)24-46(10,11)59-36(53)23-32-26-50(33-18-15-20-47-37(32)33)27-34(40(54)57-28-29-16-13-12-14-17-29)51(41(55)60-44(4,5)6)42(56)61-45(7,8)9/h12-21,25-26,34,49H,22-24,27-28H2,1-11H3. The second kappa shape index (κ2) is 18.2. The van der Waals surface area contributed by atoms with Crippen LogP contribution in [-0.4, -0.2) is 83.0 Å². The number of rotatable bonds is 13. The van der Waals surface area contributed by atoms with E-state index in [9.17, 15) is 24.0 Å². The van der Waals surface area contributed by atoms with E-state index < -0.39 is 52.6 Å². The van der Waals surface area contributed by atoms with Gasteiger partial charge in [0.25, 0.3) is 0 Å². The van der Waals surface area contributed by atoms with Crippen LogP contribution < -0.4 is 0 Å². The van der Waals surface area contributed by atoms with Crippen LogP contribution in [0.3, 0.4) is 0 Å². The van der Waals surface area contributed by atoms with Gasteiger partial charge in [-0.3, -0.25) is 19.6 Å². The Morgan fingerprint density at radius 2 is 1.26 bits per heavy atom. The number of nitrogens with one attached hydrogen (secondary N) is 1. The second-order valence-corrected chi connectivity index (χ2v) is 18.5. The number of nitrogens with zero attached hydrogens (tertiary/aromatic N) is 4. The molecule has 0 aliphatic heterocycles. The van der Waals surface area contributed by atoms with Crippen LogP contribution in [0.25, 0.3) is 22.1 Å². The molecule has 4 heterocycles. The van der Waals surface area contributed by atoms with E-state index in [1.165, 1.54) is 0 Å². The van der Waals surface area contributed by atoms with Crippen molar-refractivity contribution in [1.29, 1.82) is 0 Å². The summed E-state index contributed by atoms with van der Waals surface area (Å²) in [5.74, 6) is -1.80. The number of esters is 3. The molecule has 1 atom stereocenters. The summed E-state index contributed by atoms with van der Waals surface area (Å²) >= 11 is 0. The highest BCUT2D eigenvalue weighted by atomic mass is 16.6. The number of carbonyl (C=O) groups excluding carboxylic acids is 5. The lowest BCUT2D eigenvalue weighted by Crippen LogP contribution is -2.53. The molecule has 61 heavy (non-hydrogen) atoms. The monoisotopic (exact) mass is 839 g/mol. The third kappa shape index (κ3) is 12.9. The fourth-order valence-corrected chi connectivity index (χ4v) is 6.64. The molecular weight excluding hydrogens is 783 g/mol. The van der Waals surface area contributed by atoms with Crippen LogP contribution in [0.15, 0.2) is 73.3 Å². The Labute approximate surface area is 356 Å². The Morgan fingerprint density at radius 1 is 0.672 bits per heavy atom. The van der Waals surface area contributed by atoms with Gasteiger partial charge in [0.1, 0.15) is 29.0 Å². The van der Waals surface area contributed by atoms with Gasteiger partial charge < -0.3 is 33.2 Å². The first-order valence-corrected chi connectivity index (χ1v) is 20.1. The molecule has 1 N–H and O–H groups in total. The molecule has 1 unspecified atom stereocenters. The molecule has 15 nitrogen and oxygen atoms in total. The minimum atomic E-state index is -1.57. The van der Waals surface area contributed by atoms with Gasteiger partial charge in [-0.2, -0.15) is 4.90 Å². The van der Waals surface area contributed by atoms with Crippen LogP contribution in [0.5, 0.6) is 0 Å². The third-order valence-corrected chi connectivity index (χ3v) is 8.90. The van der Waals surface area contributed by atoms with Crippen molar-refractivity contribution in [2.75, 3.05) is 0 Å². The lowest BCUT2D eigenvalue weighted by molar-refractivity contribution is -0.156. The fourth-order valence-electron chi connectivity index (χ4n) is 6.64. The second-order valence-electron chi connectivity index (χ2n) is 18.5. The fraction of sp³-hybridized carbons (Fsp3) is 0.457. The molecule has 15 heteroatoms. The number of benzene rings is 1. The molecule has 0 radical (unpaired) electrons. The minimum absolute atomic E-state index is 0.0450. The molecule has 326 valence electrons. The molecule has 5 rings (SSSR count). The van der Waals surface area contributed by atoms with Gasteiger partial charge in [0, 0.05) is 42.3 Å². The lowest BCUT2D eigenvalue weighted by atomic mass is 9.97. The van der Waals surface area contributed by atoms with Gasteiger partial charge in [0.15, 0.2) is 6.04 Å². The highest BCUT2D eigenvalue weighted by molar-refractivity contribution is 5.94. The van der Waals surface area contributed by atoms with Gasteiger partial charge in [-0.15, -0.1) is 0 Å². The van der Waals surface area contributed by atoms with E-state index in [4.69, 9.17) is 23.7 Å².